The number of pyridine rings is 1. The summed E-state index contributed by atoms with van der Waals surface area (Å²) in [4.78, 5) is 32.5. The zero-order valence-corrected chi connectivity index (χ0v) is 17.6. The average molecular weight is 401 g/mol. The van der Waals surface area contributed by atoms with Gasteiger partial charge in [0, 0.05) is 40.7 Å². The van der Waals surface area contributed by atoms with Gasteiger partial charge >= 0.3 is 0 Å². The molecule has 7 nitrogen and oxygen atoms in total. The lowest BCUT2D eigenvalue weighted by Gasteiger charge is -2.38. The predicted molar refractivity (Wildman–Crippen MR) is 111 cm³/mol. The highest BCUT2D eigenvalue weighted by atomic mass is 16.5. The molecule has 1 aromatic heterocycles. The van der Waals surface area contributed by atoms with Crippen LogP contribution >= 0.6 is 0 Å². The summed E-state index contributed by atoms with van der Waals surface area (Å²) in [6.07, 6.45) is 4.53. The molecule has 158 valence electrons. The summed E-state index contributed by atoms with van der Waals surface area (Å²) in [6.45, 7) is 4.23. The molecule has 1 saturated heterocycles. The lowest BCUT2D eigenvalue weighted by Crippen LogP contribution is -2.50. The molecule has 2 aliphatic carbocycles. The van der Waals surface area contributed by atoms with Crippen molar-refractivity contribution < 1.29 is 14.3 Å². The van der Waals surface area contributed by atoms with E-state index in [4.69, 9.17) is 4.74 Å². The Balaban J connectivity index is 1.45. The first-order valence-electron chi connectivity index (χ1n) is 10.7. The van der Waals surface area contributed by atoms with Crippen LogP contribution in [-0.2, 0) is 9.53 Å². The van der Waals surface area contributed by atoms with E-state index < -0.39 is 0 Å². The highest BCUT2D eigenvalue weighted by Crippen LogP contribution is 2.40. The molecule has 3 aliphatic rings. The quantitative estimate of drug-likeness (QED) is 0.790. The third-order valence-electron chi connectivity index (χ3n) is 6.43. The van der Waals surface area contributed by atoms with Crippen molar-refractivity contribution in [2.75, 3.05) is 38.7 Å². The molecule has 29 heavy (non-hydrogen) atoms. The number of rotatable bonds is 6. The minimum Gasteiger partial charge on any atom is -0.376 e. The Morgan fingerprint density at radius 3 is 2.59 bits per heavy atom. The van der Waals surface area contributed by atoms with E-state index >= 15 is 0 Å². The maximum Gasteiger partial charge on any atom is 0.272 e. The van der Waals surface area contributed by atoms with Crippen LogP contribution in [0.4, 0.5) is 5.82 Å². The minimum absolute atomic E-state index is 0.0138. The number of carbonyl (C=O) groups excluding carboxylic acids is 2. The molecule has 2 saturated carbocycles. The van der Waals surface area contributed by atoms with Crippen LogP contribution in [0.1, 0.15) is 43.1 Å². The number of ether oxygens (including phenoxy) is 1. The summed E-state index contributed by atoms with van der Waals surface area (Å²) in [7, 11) is 3.48. The van der Waals surface area contributed by atoms with Crippen LogP contribution in [0, 0.1) is 17.8 Å². The largest absolute Gasteiger partial charge is 0.376 e. The molecular weight excluding hydrogens is 368 g/mol. The lowest BCUT2D eigenvalue weighted by molar-refractivity contribution is -0.122. The van der Waals surface area contributed by atoms with Crippen LogP contribution in [-0.4, -0.2) is 67.6 Å². The van der Waals surface area contributed by atoms with E-state index in [0.717, 1.165) is 38.4 Å². The highest BCUT2D eigenvalue weighted by molar-refractivity contribution is 5.92. The van der Waals surface area contributed by atoms with Gasteiger partial charge < -0.3 is 19.9 Å². The molecule has 4 rings (SSSR count). The Bertz CT molecular complexity index is 764. The molecule has 0 spiro atoms. The van der Waals surface area contributed by atoms with Gasteiger partial charge in [0.15, 0.2) is 0 Å². The van der Waals surface area contributed by atoms with Gasteiger partial charge in [0.05, 0.1) is 12.1 Å². The summed E-state index contributed by atoms with van der Waals surface area (Å²) >= 11 is 0. The van der Waals surface area contributed by atoms with Crippen molar-refractivity contribution in [3.05, 3.63) is 23.9 Å². The zero-order valence-electron chi connectivity index (χ0n) is 17.6. The predicted octanol–water partition coefficient (Wildman–Crippen LogP) is 1.93. The molecular formula is C22H32N4O3. The maximum atomic E-state index is 12.3. The van der Waals surface area contributed by atoms with Crippen LogP contribution in [0.3, 0.4) is 0 Å². The second-order valence-corrected chi connectivity index (χ2v) is 9.10. The molecule has 0 radical (unpaired) electrons. The number of fused-ring (bicyclic) bond motifs is 1. The molecule has 2 heterocycles. The van der Waals surface area contributed by atoms with Crippen molar-refractivity contribution in [2.24, 2.45) is 17.8 Å². The van der Waals surface area contributed by atoms with E-state index in [1.165, 1.54) is 12.8 Å². The van der Waals surface area contributed by atoms with Gasteiger partial charge in [-0.25, -0.2) is 4.98 Å². The van der Waals surface area contributed by atoms with Gasteiger partial charge in [-0.15, -0.1) is 0 Å². The highest BCUT2D eigenvalue weighted by Gasteiger charge is 2.43. The van der Waals surface area contributed by atoms with Gasteiger partial charge in [0.25, 0.3) is 5.91 Å². The first-order chi connectivity index (χ1) is 13.9. The summed E-state index contributed by atoms with van der Waals surface area (Å²) in [6, 6.07) is 5.74. The van der Waals surface area contributed by atoms with Crippen molar-refractivity contribution in [3.8, 4) is 0 Å². The molecule has 1 aromatic rings. The van der Waals surface area contributed by atoms with Crippen molar-refractivity contribution in [2.45, 2.75) is 44.8 Å². The molecule has 7 heteroatoms. The smallest absolute Gasteiger partial charge is 0.272 e. The fraction of sp³-hybridized carbons (Fsp3) is 0.682. The summed E-state index contributed by atoms with van der Waals surface area (Å²) in [5, 5.41) is 3.13. The van der Waals surface area contributed by atoms with Gasteiger partial charge in [0.2, 0.25) is 5.91 Å². The Hall–Kier alpha value is -2.15. The van der Waals surface area contributed by atoms with Crippen LogP contribution in [0.2, 0.25) is 0 Å². The Morgan fingerprint density at radius 2 is 1.93 bits per heavy atom. The van der Waals surface area contributed by atoms with Crippen LogP contribution < -0.4 is 10.2 Å². The first-order valence-corrected chi connectivity index (χ1v) is 10.7. The summed E-state index contributed by atoms with van der Waals surface area (Å²) < 4.78 is 6.25. The van der Waals surface area contributed by atoms with Crippen molar-refractivity contribution in [3.63, 3.8) is 0 Å². The Morgan fingerprint density at radius 1 is 1.21 bits per heavy atom. The van der Waals surface area contributed by atoms with Gasteiger partial charge in [-0.2, -0.15) is 0 Å². The number of nitrogens with one attached hydrogen (secondary N) is 1. The number of aromatic nitrogens is 1. The van der Waals surface area contributed by atoms with E-state index in [1.54, 1.807) is 32.0 Å². The molecule has 3 fully saturated rings. The standard InChI is InChI=1S/C22H32N4O3/c1-14(27)23-19-9-16-11-26(12-17(16)10-20(19)29-13-15-7-8-15)21-6-4-5-18(24-21)22(28)25(2)3/h4-6,15-17,19-20H,7-13H2,1-3H3,(H,23,27)/t16-,17+,19-,20-/m1/s1. The lowest BCUT2D eigenvalue weighted by atomic mass is 9.77. The molecule has 0 aromatic carbocycles. The van der Waals surface area contributed by atoms with Gasteiger partial charge in [0.1, 0.15) is 11.5 Å². The van der Waals surface area contributed by atoms with E-state index in [1.807, 2.05) is 12.1 Å². The van der Waals surface area contributed by atoms with Gasteiger partial charge in [-0.3, -0.25) is 9.59 Å². The normalized spacial score (nSPS) is 28.7. The van der Waals surface area contributed by atoms with Gasteiger partial charge in [-0.05, 0) is 55.6 Å². The topological polar surface area (TPSA) is 74.8 Å². The monoisotopic (exact) mass is 400 g/mol. The van der Waals surface area contributed by atoms with Crippen molar-refractivity contribution >= 4 is 17.6 Å². The molecule has 1 N–H and O–H groups in total. The third-order valence-corrected chi connectivity index (χ3v) is 6.43. The zero-order chi connectivity index (χ0) is 20.5. The summed E-state index contributed by atoms with van der Waals surface area (Å²) in [5.74, 6) is 2.54. The molecule has 1 aliphatic heterocycles. The van der Waals surface area contributed by atoms with Crippen molar-refractivity contribution in [1.82, 2.24) is 15.2 Å². The third kappa shape index (κ3) is 4.71. The second-order valence-electron chi connectivity index (χ2n) is 9.10. The second kappa shape index (κ2) is 8.30. The number of hydrogen-bond donors (Lipinski definition) is 1. The van der Waals surface area contributed by atoms with Crippen LogP contribution in [0.5, 0.6) is 0 Å². The fourth-order valence-electron chi connectivity index (χ4n) is 4.69. The number of hydrogen-bond acceptors (Lipinski definition) is 5. The van der Waals surface area contributed by atoms with E-state index in [9.17, 15) is 9.59 Å². The summed E-state index contributed by atoms with van der Waals surface area (Å²) in [5.41, 5.74) is 0.476. The number of anilines is 1. The minimum atomic E-state index is -0.0808. The van der Waals surface area contributed by atoms with Crippen LogP contribution in [0.25, 0.3) is 0 Å². The molecule has 2 amide bonds. The molecule has 0 unspecified atom stereocenters. The fourth-order valence-corrected chi connectivity index (χ4v) is 4.69. The average Bonchev–Trinajstić information content (AvgIpc) is 3.43. The van der Waals surface area contributed by atoms with Crippen molar-refractivity contribution in [1.29, 1.82) is 0 Å². The first kappa shape index (κ1) is 20.1. The van der Waals surface area contributed by atoms with E-state index in [0.29, 0.717) is 23.4 Å². The van der Waals surface area contributed by atoms with Crippen LogP contribution in [0.15, 0.2) is 18.2 Å². The van der Waals surface area contributed by atoms with Gasteiger partial charge in [-0.1, -0.05) is 6.07 Å². The van der Waals surface area contributed by atoms with E-state index in [2.05, 4.69) is 15.2 Å². The Kier molecular flexibility index (Phi) is 5.76. The Labute approximate surface area is 172 Å². The van der Waals surface area contributed by atoms with E-state index in [-0.39, 0.29) is 24.0 Å². The maximum absolute atomic E-state index is 12.3. The SMILES string of the molecule is CC(=O)N[C@@H]1C[C@@H]2CN(c3cccc(C(=O)N(C)C)n3)C[C@@H]2C[C@H]1OCC1CC1. The molecule has 4 atom stereocenters. The number of nitrogens with zero attached hydrogens (tertiary/aromatic N) is 3. The number of amides is 2. The molecule has 0 bridgehead atoms. The number of carbonyl (C=O) groups is 2.